The Balaban J connectivity index is 1.66. The van der Waals surface area contributed by atoms with Crippen molar-refractivity contribution in [3.8, 4) is 0 Å². The van der Waals surface area contributed by atoms with E-state index in [2.05, 4.69) is 10.6 Å². The summed E-state index contributed by atoms with van der Waals surface area (Å²) >= 11 is 0. The number of ether oxygens (including phenoxy) is 1. The van der Waals surface area contributed by atoms with E-state index < -0.39 is 31.7 Å². The molecule has 7 nitrogen and oxygen atoms in total. The molecule has 0 aliphatic carbocycles. The Morgan fingerprint density at radius 3 is 2.16 bits per heavy atom. The summed E-state index contributed by atoms with van der Waals surface area (Å²) in [4.78, 5) is 35.4. The van der Waals surface area contributed by atoms with E-state index in [0.717, 1.165) is 11.1 Å². The molecule has 2 atom stereocenters. The van der Waals surface area contributed by atoms with Gasteiger partial charge < -0.3 is 20.3 Å². The Morgan fingerprint density at radius 1 is 0.938 bits per heavy atom. The monoisotopic (exact) mass is 452 g/mol. The maximum Gasteiger partial charge on any atom is 0.407 e. The first-order chi connectivity index (χ1) is 15.4. The van der Waals surface area contributed by atoms with Crippen molar-refractivity contribution in [1.29, 1.82) is 0 Å². The molecule has 0 fully saturated rings. The van der Waals surface area contributed by atoms with E-state index in [1.54, 1.807) is 54.6 Å². The summed E-state index contributed by atoms with van der Waals surface area (Å²) in [6, 6.07) is 24.3. The highest BCUT2D eigenvalue weighted by molar-refractivity contribution is 7.66. The molecule has 0 saturated carbocycles. The number of amides is 2. The number of hydrogen-bond acceptors (Lipinski definition) is 4. The summed E-state index contributed by atoms with van der Waals surface area (Å²) in [5, 5.41) is 5.19. The van der Waals surface area contributed by atoms with Crippen LogP contribution in [0.15, 0.2) is 84.9 Å². The zero-order valence-electron chi connectivity index (χ0n) is 17.6. The van der Waals surface area contributed by atoms with Gasteiger partial charge in [-0.25, -0.2) is 4.79 Å². The van der Waals surface area contributed by atoms with Gasteiger partial charge in [-0.3, -0.25) is 9.36 Å². The Morgan fingerprint density at radius 2 is 1.53 bits per heavy atom. The number of carbonyl (C=O) groups excluding carboxylic acids is 2. The van der Waals surface area contributed by atoms with Crippen molar-refractivity contribution >= 4 is 24.7 Å². The summed E-state index contributed by atoms with van der Waals surface area (Å²) < 4.78 is 18.4. The fourth-order valence-electron chi connectivity index (χ4n) is 3.04. The first-order valence-electron chi connectivity index (χ1n) is 10.0. The van der Waals surface area contributed by atoms with Crippen LogP contribution in [0.4, 0.5) is 4.79 Å². The van der Waals surface area contributed by atoms with Crippen LogP contribution in [0, 0.1) is 6.92 Å². The lowest BCUT2D eigenvalue weighted by Gasteiger charge is -2.25. The normalized spacial score (nSPS) is 13.4. The molecule has 2 unspecified atom stereocenters. The SMILES string of the molecule is Cc1ccc(C(NC(=O)CNC(=O)OCc2ccccc2)P(=O)(O)c2ccccc2)cc1. The standard InChI is InChI=1S/C24H25N2O5P/c1-18-12-14-20(15-13-18)23(32(29,30)21-10-6-3-7-11-21)26-22(27)16-25-24(28)31-17-19-8-4-2-5-9-19/h2-15,23H,16-17H2,1H3,(H,25,28)(H,26,27)(H,29,30). The van der Waals surface area contributed by atoms with Crippen molar-refractivity contribution < 1.29 is 23.8 Å². The molecule has 32 heavy (non-hydrogen) atoms. The minimum atomic E-state index is -4.02. The van der Waals surface area contributed by atoms with Crippen molar-refractivity contribution in [3.63, 3.8) is 0 Å². The molecule has 0 spiro atoms. The highest BCUT2D eigenvalue weighted by atomic mass is 31.2. The van der Waals surface area contributed by atoms with Gasteiger partial charge in [0.1, 0.15) is 18.9 Å². The van der Waals surface area contributed by atoms with Gasteiger partial charge in [-0.15, -0.1) is 0 Å². The fraction of sp³-hybridized carbons (Fsp3) is 0.167. The van der Waals surface area contributed by atoms with Crippen LogP contribution in [0.25, 0.3) is 0 Å². The second-order valence-corrected chi connectivity index (χ2v) is 9.53. The molecule has 0 aliphatic heterocycles. The topological polar surface area (TPSA) is 105 Å². The quantitative estimate of drug-likeness (QED) is 0.453. The van der Waals surface area contributed by atoms with Gasteiger partial charge in [-0.05, 0) is 30.2 Å². The lowest BCUT2D eigenvalue weighted by atomic mass is 10.1. The Labute approximate surface area is 186 Å². The summed E-state index contributed by atoms with van der Waals surface area (Å²) in [6.07, 6.45) is -0.758. The second kappa shape index (κ2) is 10.8. The summed E-state index contributed by atoms with van der Waals surface area (Å²) in [5.41, 5.74) is 2.29. The van der Waals surface area contributed by atoms with Crippen molar-refractivity contribution in [2.75, 3.05) is 6.54 Å². The maximum absolute atomic E-state index is 13.4. The van der Waals surface area contributed by atoms with Crippen molar-refractivity contribution in [2.45, 2.75) is 19.3 Å². The summed E-state index contributed by atoms with van der Waals surface area (Å²) in [6.45, 7) is 1.57. The number of rotatable bonds is 8. The zero-order valence-corrected chi connectivity index (χ0v) is 18.5. The molecule has 0 saturated heterocycles. The van der Waals surface area contributed by atoms with E-state index in [0.29, 0.717) is 5.56 Å². The van der Waals surface area contributed by atoms with E-state index in [1.807, 2.05) is 37.3 Å². The van der Waals surface area contributed by atoms with Gasteiger partial charge in [0.2, 0.25) is 5.91 Å². The van der Waals surface area contributed by atoms with Crippen molar-refractivity contribution in [3.05, 3.63) is 102 Å². The van der Waals surface area contributed by atoms with Gasteiger partial charge in [-0.1, -0.05) is 78.4 Å². The molecule has 3 rings (SSSR count). The lowest BCUT2D eigenvalue weighted by Crippen LogP contribution is -2.39. The smallest absolute Gasteiger partial charge is 0.407 e. The molecule has 166 valence electrons. The van der Waals surface area contributed by atoms with Crippen LogP contribution in [0.1, 0.15) is 22.5 Å². The number of nitrogens with one attached hydrogen (secondary N) is 2. The average molecular weight is 452 g/mol. The Hall–Kier alpha value is -3.41. The van der Waals surface area contributed by atoms with Gasteiger partial charge in [0.25, 0.3) is 7.37 Å². The average Bonchev–Trinajstić information content (AvgIpc) is 2.81. The first-order valence-corrected chi connectivity index (χ1v) is 11.8. The highest BCUT2D eigenvalue weighted by Crippen LogP contribution is 2.52. The third-order valence-corrected chi connectivity index (χ3v) is 6.94. The fourth-order valence-corrected chi connectivity index (χ4v) is 4.84. The molecule has 3 aromatic carbocycles. The predicted molar refractivity (Wildman–Crippen MR) is 123 cm³/mol. The molecule has 0 aromatic heterocycles. The molecule has 0 radical (unpaired) electrons. The number of benzene rings is 3. The molecule has 8 heteroatoms. The van der Waals surface area contributed by atoms with Crippen LogP contribution in [0.5, 0.6) is 0 Å². The van der Waals surface area contributed by atoms with Crippen LogP contribution in [0.2, 0.25) is 0 Å². The molecule has 0 heterocycles. The predicted octanol–water partition coefficient (Wildman–Crippen LogP) is 3.63. The van der Waals surface area contributed by atoms with Gasteiger partial charge in [-0.2, -0.15) is 0 Å². The van der Waals surface area contributed by atoms with Gasteiger partial charge in [0, 0.05) is 5.30 Å². The molecular formula is C24H25N2O5P. The molecule has 0 aliphatic rings. The Bertz CT molecular complexity index is 1090. The lowest BCUT2D eigenvalue weighted by molar-refractivity contribution is -0.120. The number of carbonyl (C=O) groups is 2. The van der Waals surface area contributed by atoms with Gasteiger partial charge in [0.15, 0.2) is 0 Å². The third-order valence-electron chi connectivity index (χ3n) is 4.77. The van der Waals surface area contributed by atoms with Crippen molar-refractivity contribution in [2.24, 2.45) is 0 Å². The van der Waals surface area contributed by atoms with E-state index in [9.17, 15) is 19.0 Å². The molecule has 3 N–H and O–H groups in total. The van der Waals surface area contributed by atoms with E-state index >= 15 is 0 Å². The number of hydrogen-bond donors (Lipinski definition) is 3. The van der Waals surface area contributed by atoms with Crippen LogP contribution < -0.4 is 15.9 Å². The number of alkyl carbamates (subject to hydrolysis) is 1. The summed E-state index contributed by atoms with van der Waals surface area (Å²) in [7, 11) is -4.02. The minimum Gasteiger partial charge on any atom is -0.445 e. The van der Waals surface area contributed by atoms with Crippen LogP contribution in [0.3, 0.4) is 0 Å². The molecule has 2 amide bonds. The zero-order chi connectivity index (χ0) is 23.0. The van der Waals surface area contributed by atoms with E-state index in [1.165, 1.54) is 0 Å². The van der Waals surface area contributed by atoms with Crippen LogP contribution >= 0.6 is 7.37 Å². The second-order valence-electron chi connectivity index (χ2n) is 7.25. The molecule has 3 aromatic rings. The third kappa shape index (κ3) is 6.30. The van der Waals surface area contributed by atoms with E-state index in [-0.39, 0.29) is 11.9 Å². The maximum atomic E-state index is 13.4. The van der Waals surface area contributed by atoms with Crippen LogP contribution in [-0.4, -0.2) is 23.4 Å². The highest BCUT2D eigenvalue weighted by Gasteiger charge is 2.35. The first kappa shape index (κ1) is 23.3. The van der Waals surface area contributed by atoms with Gasteiger partial charge in [0.05, 0.1) is 0 Å². The number of aryl methyl sites for hydroxylation is 1. The van der Waals surface area contributed by atoms with Crippen LogP contribution in [-0.2, 0) is 20.7 Å². The molecule has 0 bridgehead atoms. The van der Waals surface area contributed by atoms with E-state index in [4.69, 9.17) is 4.74 Å². The van der Waals surface area contributed by atoms with Crippen molar-refractivity contribution in [1.82, 2.24) is 10.6 Å². The largest absolute Gasteiger partial charge is 0.445 e. The summed E-state index contributed by atoms with van der Waals surface area (Å²) in [5.74, 6) is -1.78. The minimum absolute atomic E-state index is 0.0696. The Kier molecular flexibility index (Phi) is 7.82. The van der Waals surface area contributed by atoms with Gasteiger partial charge >= 0.3 is 6.09 Å². The molecular weight excluding hydrogens is 427 g/mol.